The second kappa shape index (κ2) is 7.62. The predicted octanol–water partition coefficient (Wildman–Crippen LogP) is 3.24. The van der Waals surface area contributed by atoms with E-state index in [4.69, 9.17) is 0 Å². The molecule has 1 N–H and O–H groups in total. The molecule has 3 rings (SSSR count). The zero-order chi connectivity index (χ0) is 17.8. The smallest absolute Gasteiger partial charge is 0.294 e. The molecule has 1 saturated heterocycles. The second-order valence-electron chi connectivity index (χ2n) is 5.19. The molecule has 1 aliphatic heterocycles. The average molecular weight is 376 g/mol. The predicted molar refractivity (Wildman–Crippen MR) is 95.2 cm³/mol. The molecule has 0 aliphatic carbocycles. The van der Waals surface area contributed by atoms with Gasteiger partial charge in [-0.25, -0.2) is 4.39 Å². The molecule has 128 valence electrons. The number of halogens is 1. The highest BCUT2D eigenvalue weighted by molar-refractivity contribution is 8.18. The molecule has 0 atom stereocenters. The standard InChI is InChI=1S/C17H13FN2O3S2/c18-12-5-3-11(4-6-12)9-19-15(21)10-20-16(22)14(25-17(20)23)8-13-2-1-7-24-13/h1-8H,9-10H2,(H,19,21)/b14-8-. The summed E-state index contributed by atoms with van der Waals surface area (Å²) >= 11 is 2.28. The Morgan fingerprint density at radius 1 is 1.20 bits per heavy atom. The monoisotopic (exact) mass is 376 g/mol. The van der Waals surface area contributed by atoms with Crippen LogP contribution in [0.5, 0.6) is 0 Å². The summed E-state index contributed by atoms with van der Waals surface area (Å²) in [5.41, 5.74) is 0.724. The van der Waals surface area contributed by atoms with Gasteiger partial charge in [0.2, 0.25) is 5.91 Å². The molecule has 1 aliphatic rings. The van der Waals surface area contributed by atoms with Crippen LogP contribution in [0.4, 0.5) is 9.18 Å². The zero-order valence-electron chi connectivity index (χ0n) is 12.9. The summed E-state index contributed by atoms with van der Waals surface area (Å²) in [4.78, 5) is 38.4. The van der Waals surface area contributed by atoms with Gasteiger partial charge in [-0.1, -0.05) is 18.2 Å². The van der Waals surface area contributed by atoms with Gasteiger partial charge in [0.1, 0.15) is 12.4 Å². The lowest BCUT2D eigenvalue weighted by molar-refractivity contribution is -0.129. The van der Waals surface area contributed by atoms with Crippen LogP contribution in [0.25, 0.3) is 6.08 Å². The number of amides is 3. The Balaban J connectivity index is 1.58. The van der Waals surface area contributed by atoms with E-state index in [0.29, 0.717) is 4.91 Å². The summed E-state index contributed by atoms with van der Waals surface area (Å²) in [7, 11) is 0. The summed E-state index contributed by atoms with van der Waals surface area (Å²) in [6.07, 6.45) is 1.64. The third kappa shape index (κ3) is 4.34. The molecule has 25 heavy (non-hydrogen) atoms. The highest BCUT2D eigenvalue weighted by atomic mass is 32.2. The lowest BCUT2D eigenvalue weighted by atomic mass is 10.2. The lowest BCUT2D eigenvalue weighted by Crippen LogP contribution is -2.39. The van der Waals surface area contributed by atoms with Gasteiger partial charge in [0.25, 0.3) is 11.1 Å². The largest absolute Gasteiger partial charge is 0.350 e. The maximum Gasteiger partial charge on any atom is 0.294 e. The SMILES string of the molecule is O=C(CN1C(=O)S/C(=C\c2cccs2)C1=O)NCc1ccc(F)cc1. The van der Waals surface area contributed by atoms with Gasteiger partial charge in [-0.05, 0) is 47.0 Å². The maximum atomic E-state index is 12.8. The molecule has 8 heteroatoms. The summed E-state index contributed by atoms with van der Waals surface area (Å²) in [6.45, 7) is -0.145. The van der Waals surface area contributed by atoms with Gasteiger partial charge in [0.15, 0.2) is 0 Å². The van der Waals surface area contributed by atoms with Crippen molar-refractivity contribution in [2.24, 2.45) is 0 Å². The number of nitrogens with zero attached hydrogens (tertiary/aromatic N) is 1. The highest BCUT2D eigenvalue weighted by Gasteiger charge is 2.36. The van der Waals surface area contributed by atoms with Crippen LogP contribution in [0.1, 0.15) is 10.4 Å². The Kier molecular flexibility index (Phi) is 5.30. The van der Waals surface area contributed by atoms with Gasteiger partial charge in [0.05, 0.1) is 4.91 Å². The fourth-order valence-corrected chi connectivity index (χ4v) is 3.70. The van der Waals surface area contributed by atoms with E-state index in [0.717, 1.165) is 27.1 Å². The minimum Gasteiger partial charge on any atom is -0.350 e. The van der Waals surface area contributed by atoms with Crippen LogP contribution < -0.4 is 5.32 Å². The van der Waals surface area contributed by atoms with Gasteiger partial charge in [-0.3, -0.25) is 19.3 Å². The van der Waals surface area contributed by atoms with E-state index in [9.17, 15) is 18.8 Å². The van der Waals surface area contributed by atoms with E-state index in [1.54, 1.807) is 18.2 Å². The molecule has 1 aromatic heterocycles. The number of nitrogens with one attached hydrogen (secondary N) is 1. The molecule has 0 radical (unpaired) electrons. The van der Waals surface area contributed by atoms with Gasteiger partial charge < -0.3 is 5.32 Å². The van der Waals surface area contributed by atoms with Crippen LogP contribution >= 0.6 is 23.1 Å². The van der Waals surface area contributed by atoms with E-state index in [-0.39, 0.29) is 18.9 Å². The fourth-order valence-electron chi connectivity index (χ4n) is 2.14. The first-order valence-electron chi connectivity index (χ1n) is 7.33. The molecule has 0 spiro atoms. The van der Waals surface area contributed by atoms with Gasteiger partial charge >= 0.3 is 0 Å². The van der Waals surface area contributed by atoms with Gasteiger partial charge in [-0.15, -0.1) is 11.3 Å². The first-order chi connectivity index (χ1) is 12.0. The molecule has 1 fully saturated rings. The van der Waals surface area contributed by atoms with Crippen molar-refractivity contribution in [1.82, 2.24) is 10.2 Å². The molecule has 1 aromatic carbocycles. The number of hydrogen-bond acceptors (Lipinski definition) is 5. The molecular weight excluding hydrogens is 363 g/mol. The van der Waals surface area contributed by atoms with E-state index in [2.05, 4.69) is 5.32 Å². The molecule has 3 amide bonds. The van der Waals surface area contributed by atoms with Crippen LogP contribution in [0, 0.1) is 5.82 Å². The van der Waals surface area contributed by atoms with Crippen LogP contribution in [-0.2, 0) is 16.1 Å². The second-order valence-corrected chi connectivity index (χ2v) is 7.16. The average Bonchev–Trinajstić information content (AvgIpc) is 3.19. The van der Waals surface area contributed by atoms with Crippen LogP contribution in [0.3, 0.4) is 0 Å². The molecule has 2 aromatic rings. The molecule has 0 bridgehead atoms. The third-order valence-electron chi connectivity index (χ3n) is 3.39. The van der Waals surface area contributed by atoms with Crippen molar-refractivity contribution in [2.45, 2.75) is 6.54 Å². The number of thioether (sulfide) groups is 1. The van der Waals surface area contributed by atoms with Crippen molar-refractivity contribution in [2.75, 3.05) is 6.54 Å². The number of carbonyl (C=O) groups is 3. The number of hydrogen-bond donors (Lipinski definition) is 1. The summed E-state index contributed by atoms with van der Waals surface area (Å²) in [5, 5.41) is 4.02. The van der Waals surface area contributed by atoms with Crippen LogP contribution in [0.15, 0.2) is 46.7 Å². The highest BCUT2D eigenvalue weighted by Crippen LogP contribution is 2.32. The molecule has 2 heterocycles. The third-order valence-corrected chi connectivity index (χ3v) is 5.12. The topological polar surface area (TPSA) is 66.5 Å². The first-order valence-corrected chi connectivity index (χ1v) is 9.02. The van der Waals surface area contributed by atoms with Crippen molar-refractivity contribution in [3.05, 3.63) is 62.9 Å². The minimum absolute atomic E-state index is 0.195. The Morgan fingerprint density at radius 2 is 1.96 bits per heavy atom. The Labute approximate surface area is 151 Å². The summed E-state index contributed by atoms with van der Waals surface area (Å²) in [6, 6.07) is 9.40. The normalized spacial score (nSPS) is 15.9. The number of imide groups is 1. The van der Waals surface area contributed by atoms with Crippen molar-refractivity contribution in [1.29, 1.82) is 0 Å². The quantitative estimate of drug-likeness (QED) is 0.814. The van der Waals surface area contributed by atoms with E-state index in [1.807, 2.05) is 17.5 Å². The van der Waals surface area contributed by atoms with Crippen molar-refractivity contribution in [3.63, 3.8) is 0 Å². The van der Waals surface area contributed by atoms with Crippen molar-refractivity contribution >= 4 is 46.2 Å². The van der Waals surface area contributed by atoms with E-state index in [1.165, 1.54) is 23.5 Å². The Morgan fingerprint density at radius 3 is 2.64 bits per heavy atom. The summed E-state index contributed by atoms with van der Waals surface area (Å²) in [5.74, 6) is -1.28. The molecule has 5 nitrogen and oxygen atoms in total. The Hall–Kier alpha value is -2.45. The first kappa shape index (κ1) is 17.4. The molecular formula is C17H13FN2O3S2. The summed E-state index contributed by atoms with van der Waals surface area (Å²) < 4.78 is 12.8. The fraction of sp³-hybridized carbons (Fsp3) is 0.118. The maximum absolute atomic E-state index is 12.8. The Bertz CT molecular complexity index is 832. The van der Waals surface area contributed by atoms with Gasteiger partial charge in [-0.2, -0.15) is 0 Å². The van der Waals surface area contributed by atoms with Crippen molar-refractivity contribution in [3.8, 4) is 0 Å². The number of carbonyl (C=O) groups excluding carboxylic acids is 3. The molecule has 0 saturated carbocycles. The van der Waals surface area contributed by atoms with Gasteiger partial charge in [0, 0.05) is 11.4 Å². The molecule has 0 unspecified atom stereocenters. The lowest BCUT2D eigenvalue weighted by Gasteiger charge is -2.12. The minimum atomic E-state index is -0.472. The van der Waals surface area contributed by atoms with Crippen LogP contribution in [0.2, 0.25) is 0 Å². The number of rotatable bonds is 5. The number of benzene rings is 1. The van der Waals surface area contributed by atoms with Crippen molar-refractivity contribution < 1.29 is 18.8 Å². The van der Waals surface area contributed by atoms with E-state index >= 15 is 0 Å². The zero-order valence-corrected chi connectivity index (χ0v) is 14.5. The number of thiophene rings is 1. The van der Waals surface area contributed by atoms with Crippen LogP contribution in [-0.4, -0.2) is 28.5 Å². The van der Waals surface area contributed by atoms with E-state index < -0.39 is 17.1 Å².